The fourth-order valence-corrected chi connectivity index (χ4v) is 1.65. The van der Waals surface area contributed by atoms with Crippen LogP contribution >= 0.6 is 0 Å². The summed E-state index contributed by atoms with van der Waals surface area (Å²) in [4.78, 5) is 15.1. The Morgan fingerprint density at radius 1 is 1.21 bits per heavy atom. The van der Waals surface area contributed by atoms with E-state index in [2.05, 4.69) is 4.98 Å². The Balaban J connectivity index is 1.75. The van der Waals surface area contributed by atoms with Crippen molar-refractivity contribution >= 4 is 5.78 Å². The van der Waals surface area contributed by atoms with E-state index in [1.165, 1.54) is 12.3 Å². The molecule has 0 aliphatic carbocycles. The van der Waals surface area contributed by atoms with Crippen molar-refractivity contribution in [3.63, 3.8) is 0 Å². The van der Waals surface area contributed by atoms with Crippen LogP contribution in [0.15, 0.2) is 48.7 Å². The summed E-state index contributed by atoms with van der Waals surface area (Å²) < 4.78 is 18.3. The van der Waals surface area contributed by atoms with Crippen molar-refractivity contribution in [1.29, 1.82) is 0 Å². The van der Waals surface area contributed by atoms with E-state index in [0.29, 0.717) is 18.8 Å². The standard InChI is InChI=1S/C15H14FNO2/c16-15-10-13(6-8-17-15)14(18)7-9-19-11-12-4-2-1-3-5-12/h1-6,8,10H,7,9,11H2. The van der Waals surface area contributed by atoms with E-state index >= 15 is 0 Å². The first kappa shape index (κ1) is 13.4. The molecular weight excluding hydrogens is 245 g/mol. The summed E-state index contributed by atoms with van der Waals surface area (Å²) >= 11 is 0. The normalized spacial score (nSPS) is 10.4. The fourth-order valence-electron chi connectivity index (χ4n) is 1.65. The zero-order valence-electron chi connectivity index (χ0n) is 10.4. The number of ether oxygens (including phenoxy) is 1. The van der Waals surface area contributed by atoms with Gasteiger partial charge in [0.25, 0.3) is 0 Å². The average molecular weight is 259 g/mol. The first-order valence-corrected chi connectivity index (χ1v) is 6.02. The molecule has 2 aromatic rings. The van der Waals surface area contributed by atoms with Gasteiger partial charge in [0.1, 0.15) is 0 Å². The van der Waals surface area contributed by atoms with Gasteiger partial charge in [-0.15, -0.1) is 0 Å². The van der Waals surface area contributed by atoms with Gasteiger partial charge in [-0.1, -0.05) is 30.3 Å². The van der Waals surface area contributed by atoms with Crippen LogP contribution in [0.1, 0.15) is 22.3 Å². The van der Waals surface area contributed by atoms with E-state index in [0.717, 1.165) is 11.6 Å². The molecule has 0 saturated heterocycles. The van der Waals surface area contributed by atoms with Crippen molar-refractivity contribution in [2.24, 2.45) is 0 Å². The predicted octanol–water partition coefficient (Wildman–Crippen LogP) is 3.01. The van der Waals surface area contributed by atoms with E-state index in [1.807, 2.05) is 30.3 Å². The van der Waals surface area contributed by atoms with Crippen LogP contribution < -0.4 is 0 Å². The first-order chi connectivity index (χ1) is 9.25. The van der Waals surface area contributed by atoms with E-state index in [9.17, 15) is 9.18 Å². The number of hydrogen-bond donors (Lipinski definition) is 0. The minimum absolute atomic E-state index is 0.144. The van der Waals surface area contributed by atoms with Gasteiger partial charge in [0.05, 0.1) is 13.2 Å². The van der Waals surface area contributed by atoms with Crippen LogP contribution in [-0.4, -0.2) is 17.4 Å². The molecule has 0 aliphatic heterocycles. The maximum Gasteiger partial charge on any atom is 0.213 e. The zero-order valence-corrected chi connectivity index (χ0v) is 10.4. The van der Waals surface area contributed by atoms with E-state index < -0.39 is 5.95 Å². The van der Waals surface area contributed by atoms with Gasteiger partial charge in [-0.3, -0.25) is 4.79 Å². The molecule has 98 valence electrons. The molecule has 0 spiro atoms. The first-order valence-electron chi connectivity index (χ1n) is 6.02. The third-order valence-corrected chi connectivity index (χ3v) is 2.63. The lowest BCUT2D eigenvalue weighted by atomic mass is 10.1. The van der Waals surface area contributed by atoms with Gasteiger partial charge in [-0.2, -0.15) is 4.39 Å². The van der Waals surface area contributed by atoms with Crippen LogP contribution in [0.2, 0.25) is 0 Å². The number of benzene rings is 1. The van der Waals surface area contributed by atoms with Crippen LogP contribution in [0.25, 0.3) is 0 Å². The molecule has 0 amide bonds. The summed E-state index contributed by atoms with van der Waals surface area (Å²) in [7, 11) is 0. The molecule has 0 bridgehead atoms. The molecule has 1 aromatic heterocycles. The molecule has 0 saturated carbocycles. The number of Topliss-reactive ketones (excluding diaryl/α,β-unsaturated/α-hetero) is 1. The minimum Gasteiger partial charge on any atom is -0.376 e. The number of hydrogen-bond acceptors (Lipinski definition) is 3. The third-order valence-electron chi connectivity index (χ3n) is 2.63. The van der Waals surface area contributed by atoms with Crippen molar-refractivity contribution in [3.05, 3.63) is 65.7 Å². The highest BCUT2D eigenvalue weighted by Crippen LogP contribution is 2.06. The van der Waals surface area contributed by atoms with E-state index in [-0.39, 0.29) is 12.2 Å². The zero-order chi connectivity index (χ0) is 13.5. The second-order valence-electron chi connectivity index (χ2n) is 4.08. The van der Waals surface area contributed by atoms with Crippen molar-refractivity contribution < 1.29 is 13.9 Å². The molecule has 0 unspecified atom stereocenters. The second kappa shape index (κ2) is 6.75. The van der Waals surface area contributed by atoms with Gasteiger partial charge in [0, 0.05) is 24.2 Å². The number of rotatable bonds is 6. The van der Waals surface area contributed by atoms with E-state index in [4.69, 9.17) is 4.74 Å². The molecule has 0 N–H and O–H groups in total. The summed E-state index contributed by atoms with van der Waals surface area (Å²) in [5, 5.41) is 0. The molecule has 0 aliphatic rings. The monoisotopic (exact) mass is 259 g/mol. The summed E-state index contributed by atoms with van der Waals surface area (Å²) in [6.45, 7) is 0.788. The highest BCUT2D eigenvalue weighted by Gasteiger charge is 2.07. The Labute approximate surface area is 111 Å². The fraction of sp³-hybridized carbons (Fsp3) is 0.200. The Kier molecular flexibility index (Phi) is 4.75. The number of nitrogens with zero attached hydrogens (tertiary/aromatic N) is 1. The number of pyridine rings is 1. The Morgan fingerprint density at radius 3 is 2.74 bits per heavy atom. The van der Waals surface area contributed by atoms with Crippen LogP contribution in [0.5, 0.6) is 0 Å². The summed E-state index contributed by atoms with van der Waals surface area (Å²) in [5.74, 6) is -0.787. The summed E-state index contributed by atoms with van der Waals surface area (Å²) in [6, 6.07) is 12.4. The average Bonchev–Trinajstić information content (AvgIpc) is 2.44. The quantitative estimate of drug-likeness (QED) is 0.455. The molecule has 1 heterocycles. The van der Waals surface area contributed by atoms with Crippen LogP contribution in [0.3, 0.4) is 0 Å². The molecule has 0 fully saturated rings. The maximum atomic E-state index is 12.8. The number of ketones is 1. The van der Waals surface area contributed by atoms with Crippen molar-refractivity contribution in [2.45, 2.75) is 13.0 Å². The molecule has 1 aromatic carbocycles. The van der Waals surface area contributed by atoms with Gasteiger partial charge in [-0.05, 0) is 11.6 Å². The molecule has 2 rings (SSSR count). The van der Waals surface area contributed by atoms with Gasteiger partial charge < -0.3 is 4.74 Å². The lowest BCUT2D eigenvalue weighted by Gasteiger charge is -2.04. The van der Waals surface area contributed by atoms with Crippen molar-refractivity contribution in [1.82, 2.24) is 4.98 Å². The van der Waals surface area contributed by atoms with Crippen molar-refractivity contribution in [3.8, 4) is 0 Å². The second-order valence-corrected chi connectivity index (χ2v) is 4.08. The van der Waals surface area contributed by atoms with Gasteiger partial charge >= 0.3 is 0 Å². The lowest BCUT2D eigenvalue weighted by molar-refractivity contribution is 0.0848. The molecule has 4 heteroatoms. The highest BCUT2D eigenvalue weighted by molar-refractivity contribution is 5.95. The Morgan fingerprint density at radius 2 is 2.00 bits per heavy atom. The van der Waals surface area contributed by atoms with Crippen molar-refractivity contribution in [2.75, 3.05) is 6.61 Å². The highest BCUT2D eigenvalue weighted by atomic mass is 19.1. The van der Waals surface area contributed by atoms with Crippen LogP contribution in [0.4, 0.5) is 4.39 Å². The van der Waals surface area contributed by atoms with Crippen LogP contribution in [0, 0.1) is 5.95 Å². The summed E-state index contributed by atoms with van der Waals surface area (Å²) in [6.07, 6.45) is 1.52. The molecular formula is C15H14FNO2. The Hall–Kier alpha value is -2.07. The smallest absolute Gasteiger partial charge is 0.213 e. The lowest BCUT2D eigenvalue weighted by Crippen LogP contribution is -2.05. The van der Waals surface area contributed by atoms with Crippen LogP contribution in [-0.2, 0) is 11.3 Å². The molecule has 0 radical (unpaired) electrons. The van der Waals surface area contributed by atoms with Gasteiger partial charge in [0.2, 0.25) is 5.95 Å². The predicted molar refractivity (Wildman–Crippen MR) is 69.2 cm³/mol. The largest absolute Gasteiger partial charge is 0.376 e. The number of carbonyl (C=O) groups is 1. The van der Waals surface area contributed by atoms with Gasteiger partial charge in [-0.25, -0.2) is 4.98 Å². The summed E-state index contributed by atoms with van der Waals surface area (Å²) in [5.41, 5.74) is 1.39. The minimum atomic E-state index is -0.643. The maximum absolute atomic E-state index is 12.8. The number of carbonyl (C=O) groups excluding carboxylic acids is 1. The van der Waals surface area contributed by atoms with Gasteiger partial charge in [0.15, 0.2) is 5.78 Å². The third kappa shape index (κ3) is 4.26. The molecule has 0 atom stereocenters. The topological polar surface area (TPSA) is 39.2 Å². The number of aromatic nitrogens is 1. The molecule has 3 nitrogen and oxygen atoms in total. The SMILES string of the molecule is O=C(CCOCc1ccccc1)c1ccnc(F)c1. The Bertz CT molecular complexity index is 543. The molecule has 19 heavy (non-hydrogen) atoms. The number of halogens is 1. The van der Waals surface area contributed by atoms with E-state index in [1.54, 1.807) is 0 Å².